The fourth-order valence-electron chi connectivity index (χ4n) is 1.50. The number of alkyl halides is 1. The molecule has 0 saturated heterocycles. The average molecular weight is 312 g/mol. The predicted molar refractivity (Wildman–Crippen MR) is 72.0 cm³/mol. The number of phenols is 1. The van der Waals surface area contributed by atoms with E-state index in [1.54, 1.807) is 24.5 Å². The van der Waals surface area contributed by atoms with Gasteiger partial charge in [-0.05, 0) is 32.0 Å². The van der Waals surface area contributed by atoms with Crippen molar-refractivity contribution in [2.75, 3.05) is 0 Å². The lowest BCUT2D eigenvalue weighted by atomic mass is 10.2. The molecule has 0 aliphatic rings. The number of rotatable bonds is 4. The largest absolute Gasteiger partial charge is 0.504 e. The summed E-state index contributed by atoms with van der Waals surface area (Å²) in [5.74, 6) is 1.05. The van der Waals surface area contributed by atoms with Crippen LogP contribution in [0.2, 0.25) is 0 Å². The summed E-state index contributed by atoms with van der Waals surface area (Å²) in [5.41, 5.74) is 1.60. The van der Waals surface area contributed by atoms with Crippen LogP contribution in [-0.4, -0.2) is 16.2 Å². The van der Waals surface area contributed by atoms with E-state index in [1.807, 2.05) is 13.8 Å². The first-order valence-corrected chi connectivity index (χ1v) is 6.72. The summed E-state index contributed by atoms with van der Waals surface area (Å²) in [5, 5.41) is 10.3. The smallest absolute Gasteiger partial charge is 0.226 e. The van der Waals surface area contributed by atoms with Crippen molar-refractivity contribution in [3.8, 4) is 23.0 Å². The Balaban J connectivity index is 2.33. The zero-order valence-electron chi connectivity index (χ0n) is 10.2. The predicted octanol–water partition coefficient (Wildman–Crippen LogP) is 3.73. The van der Waals surface area contributed by atoms with E-state index in [1.165, 1.54) is 0 Å². The van der Waals surface area contributed by atoms with Gasteiger partial charge < -0.3 is 14.3 Å². The second-order valence-electron chi connectivity index (χ2n) is 4.13. The first-order chi connectivity index (χ1) is 8.60. The Labute approximate surface area is 114 Å². The first kappa shape index (κ1) is 13.0. The molecule has 1 aromatic carbocycles. The number of aromatic hydroxyl groups is 1. The van der Waals surface area contributed by atoms with Crippen LogP contribution >= 0.6 is 15.9 Å². The quantitative estimate of drug-likeness (QED) is 0.874. The zero-order valence-corrected chi connectivity index (χ0v) is 11.8. The molecular formula is C13H14BrNO3. The van der Waals surface area contributed by atoms with Gasteiger partial charge in [0, 0.05) is 10.9 Å². The minimum Gasteiger partial charge on any atom is -0.504 e. The van der Waals surface area contributed by atoms with E-state index in [0.717, 1.165) is 11.3 Å². The maximum atomic E-state index is 9.70. The molecule has 0 fully saturated rings. The minimum absolute atomic E-state index is 0.00573. The Morgan fingerprint density at radius 3 is 2.83 bits per heavy atom. The van der Waals surface area contributed by atoms with Crippen LogP contribution in [0.4, 0.5) is 0 Å². The number of aromatic nitrogens is 1. The van der Waals surface area contributed by atoms with Gasteiger partial charge in [0.15, 0.2) is 11.5 Å². The van der Waals surface area contributed by atoms with Crippen molar-refractivity contribution in [3.05, 3.63) is 30.2 Å². The molecule has 0 spiro atoms. The second kappa shape index (κ2) is 5.44. The number of hydrogen-bond donors (Lipinski definition) is 1. The number of benzene rings is 1. The van der Waals surface area contributed by atoms with Crippen molar-refractivity contribution in [3.63, 3.8) is 0 Å². The lowest BCUT2D eigenvalue weighted by Crippen LogP contribution is -2.05. The van der Waals surface area contributed by atoms with Gasteiger partial charge in [-0.1, -0.05) is 15.9 Å². The average Bonchev–Trinajstić information content (AvgIpc) is 2.80. The Kier molecular flexibility index (Phi) is 3.91. The van der Waals surface area contributed by atoms with Crippen molar-refractivity contribution in [1.82, 2.24) is 4.98 Å². The summed E-state index contributed by atoms with van der Waals surface area (Å²) in [6, 6.07) is 5.04. The van der Waals surface area contributed by atoms with E-state index in [-0.39, 0.29) is 11.9 Å². The van der Waals surface area contributed by atoms with Crippen LogP contribution in [0.15, 0.2) is 28.9 Å². The van der Waals surface area contributed by atoms with Gasteiger partial charge >= 0.3 is 0 Å². The zero-order chi connectivity index (χ0) is 13.1. The van der Waals surface area contributed by atoms with Crippen LogP contribution in [0, 0.1) is 0 Å². The van der Waals surface area contributed by atoms with E-state index in [0.29, 0.717) is 17.0 Å². The second-order valence-corrected chi connectivity index (χ2v) is 4.69. The van der Waals surface area contributed by atoms with Crippen molar-refractivity contribution in [1.29, 1.82) is 0 Å². The molecular weight excluding hydrogens is 298 g/mol. The van der Waals surface area contributed by atoms with Gasteiger partial charge in [0.1, 0.15) is 6.26 Å². The maximum Gasteiger partial charge on any atom is 0.226 e. The molecule has 4 nitrogen and oxygen atoms in total. The first-order valence-electron chi connectivity index (χ1n) is 5.60. The summed E-state index contributed by atoms with van der Waals surface area (Å²) >= 11 is 3.31. The van der Waals surface area contributed by atoms with Crippen LogP contribution < -0.4 is 4.74 Å². The van der Waals surface area contributed by atoms with Crippen molar-refractivity contribution < 1.29 is 14.3 Å². The van der Waals surface area contributed by atoms with Gasteiger partial charge in [-0.15, -0.1) is 0 Å². The van der Waals surface area contributed by atoms with Crippen LogP contribution in [0.3, 0.4) is 0 Å². The molecule has 2 rings (SSSR count). The highest BCUT2D eigenvalue weighted by molar-refractivity contribution is 9.08. The molecule has 5 heteroatoms. The third kappa shape index (κ3) is 2.85. The topological polar surface area (TPSA) is 55.5 Å². The van der Waals surface area contributed by atoms with E-state index >= 15 is 0 Å². The van der Waals surface area contributed by atoms with Crippen molar-refractivity contribution >= 4 is 15.9 Å². The van der Waals surface area contributed by atoms with Crippen LogP contribution in [0.25, 0.3) is 11.5 Å². The molecule has 18 heavy (non-hydrogen) atoms. The van der Waals surface area contributed by atoms with Gasteiger partial charge in [0.05, 0.1) is 11.8 Å². The monoisotopic (exact) mass is 311 g/mol. The van der Waals surface area contributed by atoms with Gasteiger partial charge in [0.2, 0.25) is 5.89 Å². The standard InChI is InChI=1S/C13H14BrNO3/c1-8(2)18-12-5-9(3-4-11(12)16)13-15-10(6-14)7-17-13/h3-5,7-8,16H,6H2,1-2H3. The summed E-state index contributed by atoms with van der Waals surface area (Å²) in [4.78, 5) is 4.30. The molecule has 1 aromatic heterocycles. The van der Waals surface area contributed by atoms with E-state index < -0.39 is 0 Å². The van der Waals surface area contributed by atoms with E-state index in [2.05, 4.69) is 20.9 Å². The number of halogens is 1. The van der Waals surface area contributed by atoms with Crippen LogP contribution in [0.1, 0.15) is 19.5 Å². The van der Waals surface area contributed by atoms with E-state index in [9.17, 15) is 5.11 Å². The molecule has 0 saturated carbocycles. The number of phenolic OH excluding ortho intramolecular Hbond substituents is 1. The lowest BCUT2D eigenvalue weighted by Gasteiger charge is -2.11. The highest BCUT2D eigenvalue weighted by atomic mass is 79.9. The molecule has 0 atom stereocenters. The highest BCUT2D eigenvalue weighted by Gasteiger charge is 2.11. The molecule has 2 aromatic rings. The Morgan fingerprint density at radius 1 is 1.44 bits per heavy atom. The Bertz CT molecular complexity index is 537. The summed E-state index contributed by atoms with van der Waals surface area (Å²) in [6.07, 6.45) is 1.59. The normalized spacial score (nSPS) is 10.9. The summed E-state index contributed by atoms with van der Waals surface area (Å²) in [7, 11) is 0. The Morgan fingerprint density at radius 2 is 2.22 bits per heavy atom. The third-order valence-corrected chi connectivity index (χ3v) is 2.83. The van der Waals surface area contributed by atoms with Crippen LogP contribution in [0.5, 0.6) is 11.5 Å². The van der Waals surface area contributed by atoms with Gasteiger partial charge in [-0.2, -0.15) is 0 Å². The fourth-order valence-corrected chi connectivity index (χ4v) is 1.75. The number of nitrogens with zero attached hydrogens (tertiary/aromatic N) is 1. The van der Waals surface area contributed by atoms with E-state index in [4.69, 9.17) is 9.15 Å². The molecule has 0 unspecified atom stereocenters. The van der Waals surface area contributed by atoms with Crippen molar-refractivity contribution in [2.45, 2.75) is 25.3 Å². The molecule has 0 bridgehead atoms. The van der Waals surface area contributed by atoms with Gasteiger partial charge in [-0.25, -0.2) is 4.98 Å². The number of oxazole rings is 1. The molecule has 0 amide bonds. The molecule has 1 heterocycles. The van der Waals surface area contributed by atoms with Gasteiger partial charge in [0.25, 0.3) is 0 Å². The third-order valence-electron chi connectivity index (χ3n) is 2.26. The van der Waals surface area contributed by atoms with Gasteiger partial charge in [-0.3, -0.25) is 0 Å². The number of ether oxygens (including phenoxy) is 1. The Hall–Kier alpha value is -1.49. The molecule has 1 N–H and O–H groups in total. The molecule has 0 aliphatic heterocycles. The summed E-state index contributed by atoms with van der Waals surface area (Å²) in [6.45, 7) is 3.81. The molecule has 96 valence electrons. The maximum absolute atomic E-state index is 9.70. The number of hydrogen-bond acceptors (Lipinski definition) is 4. The van der Waals surface area contributed by atoms with Crippen LogP contribution in [-0.2, 0) is 5.33 Å². The van der Waals surface area contributed by atoms with Crippen molar-refractivity contribution in [2.24, 2.45) is 0 Å². The highest BCUT2D eigenvalue weighted by Crippen LogP contribution is 2.32. The summed E-state index contributed by atoms with van der Waals surface area (Å²) < 4.78 is 10.9. The minimum atomic E-state index is -0.00573. The SMILES string of the molecule is CC(C)Oc1cc(-c2nc(CBr)co2)ccc1O. The lowest BCUT2D eigenvalue weighted by molar-refractivity contribution is 0.232. The molecule has 0 aliphatic carbocycles. The fraction of sp³-hybridized carbons (Fsp3) is 0.308. The molecule has 0 radical (unpaired) electrons.